The second-order valence-electron chi connectivity index (χ2n) is 5.41. The minimum atomic E-state index is -4.47. The minimum Gasteiger partial charge on any atom is -0.343 e. The van der Waals surface area contributed by atoms with Gasteiger partial charge in [-0.1, -0.05) is 12.1 Å². The van der Waals surface area contributed by atoms with Crippen molar-refractivity contribution in [3.8, 4) is 0 Å². The van der Waals surface area contributed by atoms with Crippen LogP contribution < -0.4 is 10.6 Å². The number of nitrogens with zero attached hydrogens (tertiary/aromatic N) is 1. The zero-order chi connectivity index (χ0) is 18.7. The molecule has 0 aliphatic heterocycles. The van der Waals surface area contributed by atoms with Crippen molar-refractivity contribution in [1.82, 2.24) is 15.3 Å². The molecule has 3 aromatic rings. The number of nitrogens with one attached hydrogen (secondary N) is 3. The molecular formula is C17H13F3N4O2. The SMILES string of the molecule is O=C(CNC(=O)c1ccc(C(F)(F)F)cc1)Nc1nc2ccccc2[nH]1. The molecular weight excluding hydrogens is 349 g/mol. The Labute approximate surface area is 145 Å². The Morgan fingerprint density at radius 2 is 1.73 bits per heavy atom. The summed E-state index contributed by atoms with van der Waals surface area (Å²) in [7, 11) is 0. The first-order valence-corrected chi connectivity index (χ1v) is 7.53. The number of aromatic amines is 1. The van der Waals surface area contributed by atoms with Gasteiger partial charge in [0.1, 0.15) is 0 Å². The standard InChI is InChI=1S/C17H13F3N4O2/c18-17(19,20)11-7-5-10(6-8-11)15(26)21-9-14(25)24-16-22-12-3-1-2-4-13(12)23-16/h1-8H,9H2,(H,21,26)(H2,22,23,24,25). The number of fused-ring (bicyclic) bond motifs is 1. The van der Waals surface area contributed by atoms with Crippen LogP contribution in [0.1, 0.15) is 15.9 Å². The smallest absolute Gasteiger partial charge is 0.343 e. The molecule has 0 bridgehead atoms. The van der Waals surface area contributed by atoms with E-state index in [2.05, 4.69) is 20.6 Å². The van der Waals surface area contributed by atoms with E-state index in [1.807, 2.05) is 6.07 Å². The highest BCUT2D eigenvalue weighted by Crippen LogP contribution is 2.29. The van der Waals surface area contributed by atoms with Gasteiger partial charge in [0.2, 0.25) is 11.9 Å². The number of carbonyl (C=O) groups is 2. The molecule has 0 spiro atoms. The van der Waals surface area contributed by atoms with Crippen LogP contribution in [0.5, 0.6) is 0 Å². The van der Waals surface area contributed by atoms with E-state index in [0.717, 1.165) is 29.8 Å². The zero-order valence-electron chi connectivity index (χ0n) is 13.2. The third kappa shape index (κ3) is 4.00. The first kappa shape index (κ1) is 17.5. The Morgan fingerprint density at radius 3 is 2.38 bits per heavy atom. The Kier molecular flexibility index (Phi) is 4.61. The van der Waals surface area contributed by atoms with Crippen molar-refractivity contribution in [2.45, 2.75) is 6.18 Å². The van der Waals surface area contributed by atoms with Crippen LogP contribution in [-0.2, 0) is 11.0 Å². The van der Waals surface area contributed by atoms with E-state index in [-0.39, 0.29) is 18.1 Å². The van der Waals surface area contributed by atoms with Crippen molar-refractivity contribution in [3.05, 3.63) is 59.7 Å². The Morgan fingerprint density at radius 1 is 1.04 bits per heavy atom. The molecule has 0 saturated carbocycles. The van der Waals surface area contributed by atoms with Crippen molar-refractivity contribution in [2.24, 2.45) is 0 Å². The molecule has 3 N–H and O–H groups in total. The van der Waals surface area contributed by atoms with Gasteiger partial charge in [0, 0.05) is 5.56 Å². The lowest BCUT2D eigenvalue weighted by atomic mass is 10.1. The van der Waals surface area contributed by atoms with Crippen molar-refractivity contribution in [2.75, 3.05) is 11.9 Å². The summed E-state index contributed by atoms with van der Waals surface area (Å²) in [6.45, 7) is -0.350. The summed E-state index contributed by atoms with van der Waals surface area (Å²) < 4.78 is 37.5. The number of aromatic nitrogens is 2. The lowest BCUT2D eigenvalue weighted by Crippen LogP contribution is -2.33. The number of H-pyrrole nitrogens is 1. The lowest BCUT2D eigenvalue weighted by Gasteiger charge is -2.08. The van der Waals surface area contributed by atoms with Crippen molar-refractivity contribution in [1.29, 1.82) is 0 Å². The van der Waals surface area contributed by atoms with Gasteiger partial charge in [-0.25, -0.2) is 4.98 Å². The van der Waals surface area contributed by atoms with E-state index in [1.54, 1.807) is 18.2 Å². The number of alkyl halides is 3. The lowest BCUT2D eigenvalue weighted by molar-refractivity contribution is -0.137. The largest absolute Gasteiger partial charge is 0.416 e. The number of hydrogen-bond acceptors (Lipinski definition) is 3. The van der Waals surface area contributed by atoms with E-state index in [0.29, 0.717) is 5.52 Å². The molecule has 134 valence electrons. The number of anilines is 1. The van der Waals surface area contributed by atoms with Gasteiger partial charge in [0.15, 0.2) is 0 Å². The number of carbonyl (C=O) groups excluding carboxylic acids is 2. The Bertz CT molecular complexity index is 916. The normalized spacial score (nSPS) is 11.3. The van der Waals surface area contributed by atoms with Crippen LogP contribution in [0, 0.1) is 0 Å². The van der Waals surface area contributed by atoms with Gasteiger partial charge in [-0.05, 0) is 36.4 Å². The van der Waals surface area contributed by atoms with E-state index < -0.39 is 23.6 Å². The molecule has 0 radical (unpaired) electrons. The van der Waals surface area contributed by atoms with E-state index in [4.69, 9.17) is 0 Å². The van der Waals surface area contributed by atoms with Gasteiger partial charge >= 0.3 is 6.18 Å². The third-order valence-electron chi connectivity index (χ3n) is 3.53. The van der Waals surface area contributed by atoms with Crippen LogP contribution in [0.25, 0.3) is 11.0 Å². The van der Waals surface area contributed by atoms with E-state index in [1.165, 1.54) is 0 Å². The average Bonchev–Trinajstić information content (AvgIpc) is 3.01. The minimum absolute atomic E-state index is 0.0227. The van der Waals surface area contributed by atoms with Crippen molar-refractivity contribution in [3.63, 3.8) is 0 Å². The van der Waals surface area contributed by atoms with Crippen LogP contribution in [-0.4, -0.2) is 28.3 Å². The predicted octanol–water partition coefficient (Wildman–Crippen LogP) is 2.95. The fraction of sp³-hybridized carbons (Fsp3) is 0.118. The monoisotopic (exact) mass is 362 g/mol. The summed E-state index contributed by atoms with van der Waals surface area (Å²) in [6.07, 6.45) is -4.47. The fourth-order valence-electron chi connectivity index (χ4n) is 2.26. The molecule has 0 saturated heterocycles. The summed E-state index contributed by atoms with van der Waals surface area (Å²) >= 11 is 0. The van der Waals surface area contributed by atoms with Gasteiger partial charge in [-0.15, -0.1) is 0 Å². The zero-order valence-corrected chi connectivity index (χ0v) is 13.2. The number of hydrogen-bond donors (Lipinski definition) is 3. The highest BCUT2D eigenvalue weighted by atomic mass is 19.4. The second kappa shape index (κ2) is 6.87. The first-order chi connectivity index (χ1) is 12.3. The molecule has 3 rings (SSSR count). The summed E-state index contributed by atoms with van der Waals surface area (Å²) in [5, 5.41) is 4.84. The van der Waals surface area contributed by atoms with Crippen LogP contribution >= 0.6 is 0 Å². The molecule has 2 aromatic carbocycles. The number of amides is 2. The van der Waals surface area contributed by atoms with Gasteiger partial charge < -0.3 is 10.3 Å². The summed E-state index contributed by atoms with van der Waals surface area (Å²) in [5.41, 5.74) is 0.597. The molecule has 1 heterocycles. The molecule has 0 atom stereocenters. The molecule has 0 fully saturated rings. The number of benzene rings is 2. The number of para-hydroxylation sites is 2. The van der Waals surface area contributed by atoms with Crippen LogP contribution in [0.15, 0.2) is 48.5 Å². The van der Waals surface area contributed by atoms with Gasteiger partial charge in [0.25, 0.3) is 5.91 Å². The van der Waals surface area contributed by atoms with E-state index >= 15 is 0 Å². The molecule has 6 nitrogen and oxygen atoms in total. The maximum Gasteiger partial charge on any atom is 0.416 e. The number of rotatable bonds is 4. The van der Waals surface area contributed by atoms with Crippen LogP contribution in [0.2, 0.25) is 0 Å². The van der Waals surface area contributed by atoms with Crippen molar-refractivity contribution < 1.29 is 22.8 Å². The van der Waals surface area contributed by atoms with Crippen molar-refractivity contribution >= 4 is 28.8 Å². The summed E-state index contributed by atoms with van der Waals surface area (Å²) in [4.78, 5) is 30.9. The molecule has 1 aromatic heterocycles. The highest BCUT2D eigenvalue weighted by Gasteiger charge is 2.30. The summed E-state index contributed by atoms with van der Waals surface area (Å²) in [6, 6.07) is 10.9. The van der Waals surface area contributed by atoms with Crippen LogP contribution in [0.4, 0.5) is 19.1 Å². The highest BCUT2D eigenvalue weighted by molar-refractivity contribution is 5.99. The maximum atomic E-state index is 12.5. The topological polar surface area (TPSA) is 86.9 Å². The molecule has 0 aliphatic carbocycles. The molecule has 0 unspecified atom stereocenters. The van der Waals surface area contributed by atoms with Gasteiger partial charge in [-0.3, -0.25) is 14.9 Å². The predicted molar refractivity (Wildman–Crippen MR) is 88.5 cm³/mol. The van der Waals surface area contributed by atoms with Gasteiger partial charge in [0.05, 0.1) is 23.1 Å². The molecule has 0 aliphatic rings. The summed E-state index contributed by atoms with van der Waals surface area (Å²) in [5.74, 6) is -0.942. The molecule has 9 heteroatoms. The molecule has 2 amide bonds. The Hall–Kier alpha value is -3.36. The quantitative estimate of drug-likeness (QED) is 0.667. The number of imidazole rings is 1. The Balaban J connectivity index is 1.56. The van der Waals surface area contributed by atoms with Crippen LogP contribution in [0.3, 0.4) is 0 Å². The number of halogens is 3. The molecule has 26 heavy (non-hydrogen) atoms. The fourth-order valence-corrected chi connectivity index (χ4v) is 2.26. The van der Waals surface area contributed by atoms with Gasteiger partial charge in [-0.2, -0.15) is 13.2 Å². The average molecular weight is 362 g/mol. The maximum absolute atomic E-state index is 12.5. The second-order valence-corrected chi connectivity index (χ2v) is 5.41. The van der Waals surface area contributed by atoms with E-state index in [9.17, 15) is 22.8 Å². The first-order valence-electron chi connectivity index (χ1n) is 7.53. The third-order valence-corrected chi connectivity index (χ3v) is 3.53.